The molecule has 0 saturated carbocycles. The van der Waals surface area contributed by atoms with Gasteiger partial charge in [-0.1, -0.05) is 44.2 Å². The number of aryl methyl sites for hydroxylation is 2. The van der Waals surface area contributed by atoms with Gasteiger partial charge in [0, 0.05) is 5.69 Å². The van der Waals surface area contributed by atoms with Crippen molar-refractivity contribution in [2.24, 2.45) is 0 Å². The van der Waals surface area contributed by atoms with Crippen LogP contribution in [0.1, 0.15) is 30.5 Å². The van der Waals surface area contributed by atoms with E-state index in [0.717, 1.165) is 29.7 Å². The fraction of sp³-hybridized carbons (Fsp3) is 0.227. The van der Waals surface area contributed by atoms with Gasteiger partial charge in [-0.3, -0.25) is 4.79 Å². The Kier molecular flexibility index (Phi) is 7.35. The number of ether oxygens (including phenoxy) is 1. The molecule has 6 nitrogen and oxygen atoms in total. The van der Waals surface area contributed by atoms with Crippen molar-refractivity contribution in [2.75, 3.05) is 11.9 Å². The van der Waals surface area contributed by atoms with Gasteiger partial charge in [0.05, 0.1) is 0 Å². The molecule has 2 N–H and O–H groups in total. The number of esters is 1. The van der Waals surface area contributed by atoms with Crippen molar-refractivity contribution in [2.45, 2.75) is 26.7 Å². The Labute approximate surface area is 164 Å². The first-order valence-electron chi connectivity index (χ1n) is 8.97. The molecule has 0 aliphatic carbocycles. The predicted octanol–water partition coefficient (Wildman–Crippen LogP) is 3.61. The lowest BCUT2D eigenvalue weighted by Crippen LogP contribution is -2.22. The third kappa shape index (κ3) is 5.45. The second-order valence-electron chi connectivity index (χ2n) is 6.04. The molecule has 28 heavy (non-hydrogen) atoms. The van der Waals surface area contributed by atoms with Gasteiger partial charge in [0.1, 0.15) is 17.4 Å². The number of aromatic hydroxyl groups is 1. The zero-order chi connectivity index (χ0) is 20.5. The van der Waals surface area contributed by atoms with Crippen LogP contribution in [0.2, 0.25) is 0 Å². The van der Waals surface area contributed by atoms with Gasteiger partial charge >= 0.3 is 5.97 Å². The number of anilines is 1. The second kappa shape index (κ2) is 9.93. The lowest BCUT2D eigenvalue weighted by atomic mass is 10.0. The van der Waals surface area contributed by atoms with Crippen LogP contribution in [-0.2, 0) is 27.2 Å². The highest BCUT2D eigenvalue weighted by Crippen LogP contribution is 2.22. The van der Waals surface area contributed by atoms with Gasteiger partial charge in [0.25, 0.3) is 5.91 Å². The topological polar surface area (TPSA) is 99.4 Å². The largest absolute Gasteiger partial charge is 0.508 e. The number of nitrogens with one attached hydrogen (secondary N) is 1. The first-order valence-corrected chi connectivity index (χ1v) is 8.97. The van der Waals surface area contributed by atoms with Crippen LogP contribution < -0.4 is 5.32 Å². The summed E-state index contributed by atoms with van der Waals surface area (Å²) in [6.45, 7) is 3.50. The molecule has 2 aromatic carbocycles. The van der Waals surface area contributed by atoms with Crippen molar-refractivity contribution >= 4 is 23.6 Å². The highest BCUT2D eigenvalue weighted by atomic mass is 16.5. The Morgan fingerprint density at radius 3 is 2.25 bits per heavy atom. The Bertz CT molecular complexity index is 902. The molecule has 0 unspecified atom stereocenters. The molecule has 0 aliphatic heterocycles. The van der Waals surface area contributed by atoms with Gasteiger partial charge in [-0.15, -0.1) is 0 Å². The van der Waals surface area contributed by atoms with E-state index in [9.17, 15) is 20.0 Å². The summed E-state index contributed by atoms with van der Waals surface area (Å²) in [6, 6.07) is 13.6. The van der Waals surface area contributed by atoms with Gasteiger partial charge in [0.15, 0.2) is 6.61 Å². The number of carbonyl (C=O) groups excluding carboxylic acids is 2. The summed E-state index contributed by atoms with van der Waals surface area (Å²) in [7, 11) is 0. The molecule has 2 aromatic rings. The Balaban J connectivity index is 2.03. The average Bonchev–Trinajstić information content (AvgIpc) is 2.71. The maximum atomic E-state index is 12.2. The standard InChI is InChI=1S/C22H22N2O4/c1-3-16-6-5-7-17(4-2)21(16)24-20(26)14-28-22(27)18(13-23)12-15-8-10-19(25)11-9-15/h5-12,25H,3-4,14H2,1-2H3,(H,24,26)/b18-12-. The molecule has 2 rings (SSSR count). The second-order valence-corrected chi connectivity index (χ2v) is 6.04. The van der Waals surface area contributed by atoms with E-state index in [2.05, 4.69) is 5.32 Å². The predicted molar refractivity (Wildman–Crippen MR) is 106 cm³/mol. The monoisotopic (exact) mass is 378 g/mol. The average molecular weight is 378 g/mol. The molecule has 0 atom stereocenters. The number of rotatable bonds is 7. The van der Waals surface area contributed by atoms with E-state index in [-0.39, 0.29) is 11.3 Å². The zero-order valence-electron chi connectivity index (χ0n) is 15.9. The van der Waals surface area contributed by atoms with Gasteiger partial charge in [-0.05, 0) is 47.7 Å². The van der Waals surface area contributed by atoms with Crippen molar-refractivity contribution in [3.8, 4) is 11.8 Å². The van der Waals surface area contributed by atoms with Crippen LogP contribution in [0, 0.1) is 11.3 Å². The van der Waals surface area contributed by atoms with Crippen molar-refractivity contribution in [1.82, 2.24) is 0 Å². The maximum absolute atomic E-state index is 12.2. The molecule has 144 valence electrons. The van der Waals surface area contributed by atoms with Crippen LogP contribution >= 0.6 is 0 Å². The number of phenols is 1. The third-order valence-electron chi connectivity index (χ3n) is 4.14. The lowest BCUT2D eigenvalue weighted by molar-refractivity contribution is -0.142. The van der Waals surface area contributed by atoms with E-state index in [1.807, 2.05) is 32.0 Å². The molecular weight excluding hydrogens is 356 g/mol. The number of para-hydroxylation sites is 1. The Hall–Kier alpha value is -3.59. The van der Waals surface area contributed by atoms with Crippen LogP contribution in [0.4, 0.5) is 5.69 Å². The SMILES string of the molecule is CCc1cccc(CC)c1NC(=O)COC(=O)/C(C#N)=C\c1ccc(O)cc1. The van der Waals surface area contributed by atoms with Crippen LogP contribution in [-0.4, -0.2) is 23.6 Å². The van der Waals surface area contributed by atoms with Crippen LogP contribution in [0.3, 0.4) is 0 Å². The summed E-state index contributed by atoms with van der Waals surface area (Å²) in [6.07, 6.45) is 2.86. The van der Waals surface area contributed by atoms with E-state index in [1.54, 1.807) is 18.2 Å². The number of nitriles is 1. The third-order valence-corrected chi connectivity index (χ3v) is 4.14. The number of carbonyl (C=O) groups is 2. The molecule has 0 spiro atoms. The molecule has 1 amide bonds. The zero-order valence-corrected chi connectivity index (χ0v) is 15.9. The van der Waals surface area contributed by atoms with E-state index < -0.39 is 18.5 Å². The van der Waals surface area contributed by atoms with Crippen molar-refractivity contribution < 1.29 is 19.4 Å². The number of benzene rings is 2. The van der Waals surface area contributed by atoms with Crippen LogP contribution in [0.15, 0.2) is 48.0 Å². The summed E-state index contributed by atoms with van der Waals surface area (Å²) in [4.78, 5) is 24.3. The van der Waals surface area contributed by atoms with E-state index >= 15 is 0 Å². The highest BCUT2D eigenvalue weighted by molar-refractivity contribution is 6.00. The molecule has 0 aromatic heterocycles. The summed E-state index contributed by atoms with van der Waals surface area (Å²) in [5.74, 6) is -1.27. The fourth-order valence-electron chi connectivity index (χ4n) is 2.66. The first-order chi connectivity index (χ1) is 13.5. The summed E-state index contributed by atoms with van der Waals surface area (Å²) in [5.41, 5.74) is 3.07. The minimum atomic E-state index is -0.884. The van der Waals surface area contributed by atoms with Crippen molar-refractivity contribution in [3.05, 3.63) is 64.7 Å². The molecule has 0 fully saturated rings. The van der Waals surface area contributed by atoms with Gasteiger partial charge in [0.2, 0.25) is 0 Å². The maximum Gasteiger partial charge on any atom is 0.349 e. The summed E-state index contributed by atoms with van der Waals surface area (Å²) in [5, 5.41) is 21.3. The lowest BCUT2D eigenvalue weighted by Gasteiger charge is -2.14. The van der Waals surface area contributed by atoms with E-state index in [4.69, 9.17) is 4.74 Å². The molecular formula is C22H22N2O4. The summed E-state index contributed by atoms with van der Waals surface area (Å²) >= 11 is 0. The smallest absolute Gasteiger partial charge is 0.349 e. The number of nitrogens with zero attached hydrogens (tertiary/aromatic N) is 1. The number of phenolic OH excluding ortho intramolecular Hbond substituents is 1. The van der Waals surface area contributed by atoms with Crippen LogP contribution in [0.5, 0.6) is 5.75 Å². The minimum Gasteiger partial charge on any atom is -0.508 e. The molecule has 0 radical (unpaired) electrons. The normalized spacial score (nSPS) is 10.8. The molecule has 0 saturated heterocycles. The van der Waals surface area contributed by atoms with E-state index in [1.165, 1.54) is 18.2 Å². The van der Waals surface area contributed by atoms with Crippen LogP contribution in [0.25, 0.3) is 6.08 Å². The fourth-order valence-corrected chi connectivity index (χ4v) is 2.66. The molecule has 0 bridgehead atoms. The molecule has 0 aliphatic rings. The van der Waals surface area contributed by atoms with Crippen molar-refractivity contribution in [3.63, 3.8) is 0 Å². The Morgan fingerprint density at radius 2 is 1.71 bits per heavy atom. The quantitative estimate of drug-likeness (QED) is 0.436. The van der Waals surface area contributed by atoms with Crippen molar-refractivity contribution in [1.29, 1.82) is 5.26 Å². The van der Waals surface area contributed by atoms with Gasteiger partial charge in [-0.25, -0.2) is 4.79 Å². The molecule has 6 heteroatoms. The number of amides is 1. The van der Waals surface area contributed by atoms with Gasteiger partial charge in [-0.2, -0.15) is 5.26 Å². The number of hydrogen-bond acceptors (Lipinski definition) is 5. The number of hydrogen-bond donors (Lipinski definition) is 2. The van der Waals surface area contributed by atoms with Gasteiger partial charge < -0.3 is 15.2 Å². The summed E-state index contributed by atoms with van der Waals surface area (Å²) < 4.78 is 4.98. The molecule has 0 heterocycles. The minimum absolute atomic E-state index is 0.0775. The highest BCUT2D eigenvalue weighted by Gasteiger charge is 2.15. The Morgan fingerprint density at radius 1 is 1.11 bits per heavy atom. The van der Waals surface area contributed by atoms with E-state index in [0.29, 0.717) is 5.56 Å². The first kappa shape index (κ1) is 20.7.